The van der Waals surface area contributed by atoms with E-state index in [9.17, 15) is 0 Å². The Morgan fingerprint density at radius 3 is 1.68 bits per heavy atom. The van der Waals surface area contributed by atoms with Gasteiger partial charge in [0.15, 0.2) is 0 Å². The van der Waals surface area contributed by atoms with Crippen LogP contribution in [0.25, 0.3) is 0 Å². The van der Waals surface area contributed by atoms with Crippen LogP contribution in [-0.4, -0.2) is 0 Å². The van der Waals surface area contributed by atoms with Gasteiger partial charge in [-0.1, -0.05) is 76.0 Å². The lowest BCUT2D eigenvalue weighted by Crippen LogP contribution is -1.84. The Bertz CT molecular complexity index is 212. The monoisotopic (exact) mass is 264 g/mol. The minimum absolute atomic E-state index is 1.20. The van der Waals surface area contributed by atoms with Crippen molar-refractivity contribution < 1.29 is 0 Å². The zero-order valence-electron chi connectivity index (χ0n) is 13.6. The van der Waals surface area contributed by atoms with E-state index in [0.29, 0.717) is 0 Å². The van der Waals surface area contributed by atoms with E-state index in [1.807, 2.05) is 6.08 Å². The summed E-state index contributed by atoms with van der Waals surface area (Å²) in [5, 5.41) is 0. The third kappa shape index (κ3) is 13.7. The molecular formula is C19H36. The van der Waals surface area contributed by atoms with Crippen LogP contribution in [-0.2, 0) is 0 Å². The van der Waals surface area contributed by atoms with Crippen LogP contribution < -0.4 is 0 Å². The van der Waals surface area contributed by atoms with Crippen LogP contribution in [0.15, 0.2) is 24.3 Å². The molecule has 0 radical (unpaired) electrons. The Hall–Kier alpha value is -0.520. The van der Waals surface area contributed by atoms with Crippen molar-refractivity contribution in [3.8, 4) is 0 Å². The lowest BCUT2D eigenvalue weighted by molar-refractivity contribution is 0.551. The number of unbranched alkanes of at least 4 members (excludes halogenated alkanes) is 10. The highest BCUT2D eigenvalue weighted by molar-refractivity contribution is 4.98. The molecule has 0 saturated heterocycles. The topological polar surface area (TPSA) is 0 Å². The van der Waals surface area contributed by atoms with Gasteiger partial charge in [-0.2, -0.15) is 0 Å². The van der Waals surface area contributed by atoms with Crippen molar-refractivity contribution in [1.29, 1.82) is 0 Å². The fraction of sp³-hybridized carbons (Fsp3) is 0.789. The van der Waals surface area contributed by atoms with Crippen molar-refractivity contribution in [3.63, 3.8) is 0 Å². The van der Waals surface area contributed by atoms with Crippen LogP contribution in [0.1, 0.15) is 97.3 Å². The maximum atomic E-state index is 3.76. The molecule has 0 spiro atoms. The molecule has 0 bridgehead atoms. The summed E-state index contributed by atoms with van der Waals surface area (Å²) in [6.45, 7) is 8.20. The SMILES string of the molecule is C=CCCCCCCCCCCCC/C(=C/C)CC. The second-order valence-electron chi connectivity index (χ2n) is 5.66. The van der Waals surface area contributed by atoms with E-state index >= 15 is 0 Å². The maximum absolute atomic E-state index is 3.76. The maximum Gasteiger partial charge on any atom is -0.0321 e. The Kier molecular flexibility index (Phi) is 15.1. The van der Waals surface area contributed by atoms with Gasteiger partial charge in [0.1, 0.15) is 0 Å². The first-order valence-corrected chi connectivity index (χ1v) is 8.60. The Morgan fingerprint density at radius 1 is 0.789 bits per heavy atom. The van der Waals surface area contributed by atoms with Crippen molar-refractivity contribution in [1.82, 2.24) is 0 Å². The van der Waals surface area contributed by atoms with Crippen molar-refractivity contribution in [2.24, 2.45) is 0 Å². The molecule has 0 aromatic heterocycles. The van der Waals surface area contributed by atoms with E-state index < -0.39 is 0 Å². The molecule has 0 aromatic rings. The first-order valence-electron chi connectivity index (χ1n) is 8.60. The molecular weight excluding hydrogens is 228 g/mol. The minimum Gasteiger partial charge on any atom is -0.103 e. The van der Waals surface area contributed by atoms with Crippen molar-refractivity contribution >= 4 is 0 Å². The third-order valence-corrected chi connectivity index (χ3v) is 4.02. The molecule has 0 aliphatic heterocycles. The Balaban J connectivity index is 3.08. The molecule has 0 fully saturated rings. The summed E-state index contributed by atoms with van der Waals surface area (Å²) in [6, 6.07) is 0. The number of rotatable bonds is 14. The van der Waals surface area contributed by atoms with Crippen LogP contribution in [0.5, 0.6) is 0 Å². The molecule has 0 N–H and O–H groups in total. The molecule has 0 aromatic carbocycles. The van der Waals surface area contributed by atoms with Gasteiger partial charge in [0.25, 0.3) is 0 Å². The molecule has 0 heteroatoms. The van der Waals surface area contributed by atoms with Crippen molar-refractivity contribution in [2.75, 3.05) is 0 Å². The molecule has 0 heterocycles. The van der Waals surface area contributed by atoms with Gasteiger partial charge in [0.2, 0.25) is 0 Å². The number of allylic oxidation sites excluding steroid dienone is 3. The second kappa shape index (κ2) is 15.5. The van der Waals surface area contributed by atoms with Gasteiger partial charge >= 0.3 is 0 Å². The minimum atomic E-state index is 1.20. The summed E-state index contributed by atoms with van der Waals surface area (Å²) in [4.78, 5) is 0. The van der Waals surface area contributed by atoms with Crippen LogP contribution in [0, 0.1) is 0 Å². The molecule has 0 aliphatic carbocycles. The zero-order valence-corrected chi connectivity index (χ0v) is 13.6. The van der Waals surface area contributed by atoms with Crippen LogP contribution in [0.2, 0.25) is 0 Å². The predicted molar refractivity (Wildman–Crippen MR) is 89.6 cm³/mol. The van der Waals surface area contributed by atoms with Gasteiger partial charge in [-0.15, -0.1) is 6.58 Å². The smallest absolute Gasteiger partial charge is 0.0321 e. The summed E-state index contributed by atoms with van der Waals surface area (Å²) in [5.74, 6) is 0. The van der Waals surface area contributed by atoms with E-state index in [4.69, 9.17) is 0 Å². The average Bonchev–Trinajstić information content (AvgIpc) is 2.44. The van der Waals surface area contributed by atoms with Crippen LogP contribution >= 0.6 is 0 Å². The molecule has 0 aliphatic rings. The molecule has 0 atom stereocenters. The highest BCUT2D eigenvalue weighted by Gasteiger charge is 1.95. The van der Waals surface area contributed by atoms with E-state index in [-0.39, 0.29) is 0 Å². The quantitative estimate of drug-likeness (QED) is 0.230. The molecule has 0 rings (SSSR count). The molecule has 112 valence electrons. The van der Waals surface area contributed by atoms with Gasteiger partial charge in [0, 0.05) is 0 Å². The first kappa shape index (κ1) is 18.5. The van der Waals surface area contributed by atoms with Crippen molar-refractivity contribution in [2.45, 2.75) is 97.3 Å². The lowest BCUT2D eigenvalue weighted by Gasteiger charge is -2.04. The third-order valence-electron chi connectivity index (χ3n) is 4.02. The van der Waals surface area contributed by atoms with Crippen LogP contribution in [0.3, 0.4) is 0 Å². The van der Waals surface area contributed by atoms with Gasteiger partial charge in [-0.3, -0.25) is 0 Å². The Morgan fingerprint density at radius 2 is 1.26 bits per heavy atom. The highest BCUT2D eigenvalue weighted by atomic mass is 14.0. The van der Waals surface area contributed by atoms with Crippen molar-refractivity contribution in [3.05, 3.63) is 24.3 Å². The first-order chi connectivity index (χ1) is 9.35. The Labute approximate surface area is 122 Å². The van der Waals surface area contributed by atoms with E-state index in [1.54, 1.807) is 5.57 Å². The number of hydrogen-bond acceptors (Lipinski definition) is 0. The summed E-state index contributed by atoms with van der Waals surface area (Å²) >= 11 is 0. The summed E-state index contributed by atoms with van der Waals surface area (Å²) < 4.78 is 0. The van der Waals surface area contributed by atoms with Gasteiger partial charge in [-0.05, 0) is 39.0 Å². The summed E-state index contributed by atoms with van der Waals surface area (Å²) in [5.41, 5.74) is 1.64. The van der Waals surface area contributed by atoms with Gasteiger partial charge in [-0.25, -0.2) is 0 Å². The molecule has 19 heavy (non-hydrogen) atoms. The summed E-state index contributed by atoms with van der Waals surface area (Å²) in [6.07, 6.45) is 22.3. The van der Waals surface area contributed by atoms with E-state index in [1.165, 1.54) is 83.5 Å². The highest BCUT2D eigenvalue weighted by Crippen LogP contribution is 2.15. The molecule has 0 amide bonds. The number of hydrogen-bond donors (Lipinski definition) is 0. The summed E-state index contributed by atoms with van der Waals surface area (Å²) in [7, 11) is 0. The van der Waals surface area contributed by atoms with Gasteiger partial charge < -0.3 is 0 Å². The normalized spacial score (nSPS) is 11.8. The fourth-order valence-corrected chi connectivity index (χ4v) is 2.58. The predicted octanol–water partition coefficient (Wildman–Crippen LogP) is 7.21. The standard InChI is InChI=1S/C19H36/c1-4-7-8-9-10-11-12-13-14-15-16-17-18-19(5-2)6-3/h4-5H,1,6-18H2,2-3H3/b19-5+. The molecule has 0 nitrogen and oxygen atoms in total. The van der Waals surface area contributed by atoms with E-state index in [2.05, 4.69) is 26.5 Å². The largest absolute Gasteiger partial charge is 0.103 e. The van der Waals surface area contributed by atoms with Crippen LogP contribution in [0.4, 0.5) is 0 Å². The molecule has 0 unspecified atom stereocenters. The fourth-order valence-electron chi connectivity index (χ4n) is 2.58. The van der Waals surface area contributed by atoms with Gasteiger partial charge in [0.05, 0.1) is 0 Å². The molecule has 0 saturated carbocycles. The lowest BCUT2D eigenvalue weighted by atomic mass is 10.0. The van der Waals surface area contributed by atoms with E-state index in [0.717, 1.165) is 0 Å². The second-order valence-corrected chi connectivity index (χ2v) is 5.66. The average molecular weight is 264 g/mol. The zero-order chi connectivity index (χ0) is 14.2.